The molecule has 0 bridgehead atoms. The molecule has 1 fully saturated rings. The van der Waals surface area contributed by atoms with Crippen LogP contribution >= 0.6 is 0 Å². The number of hydrogen-bond donors (Lipinski definition) is 4. The molecule has 0 aliphatic carbocycles. The summed E-state index contributed by atoms with van der Waals surface area (Å²) in [7, 11) is 0. The molecular formula is C14H19N3O3. The Morgan fingerprint density at radius 3 is 2.80 bits per heavy atom. The quantitative estimate of drug-likeness (QED) is 0.464. The number of anilines is 1. The molecule has 6 N–H and O–H groups in total. The fourth-order valence-electron chi connectivity index (χ4n) is 2.48. The predicted octanol–water partition coefficient (Wildman–Crippen LogP) is 0.678. The number of carboxylic acid groups (broad SMARTS) is 1. The van der Waals surface area contributed by atoms with Gasteiger partial charge in [-0.15, -0.1) is 0 Å². The SMILES string of the molecule is Nc1c(C(=O)C[C@H](N)C(=O)O)cccc1C1CCCN1. The average molecular weight is 277 g/mol. The van der Waals surface area contributed by atoms with Crippen LogP contribution in [-0.2, 0) is 4.79 Å². The van der Waals surface area contributed by atoms with Crippen molar-refractivity contribution in [1.82, 2.24) is 5.32 Å². The van der Waals surface area contributed by atoms with Crippen molar-refractivity contribution in [3.05, 3.63) is 29.3 Å². The highest BCUT2D eigenvalue weighted by Crippen LogP contribution is 2.30. The monoisotopic (exact) mass is 277 g/mol. The molecular weight excluding hydrogens is 258 g/mol. The fourth-order valence-corrected chi connectivity index (χ4v) is 2.48. The Morgan fingerprint density at radius 2 is 2.20 bits per heavy atom. The van der Waals surface area contributed by atoms with Crippen molar-refractivity contribution in [2.45, 2.75) is 31.3 Å². The third-order valence-electron chi connectivity index (χ3n) is 3.60. The second-order valence-electron chi connectivity index (χ2n) is 5.03. The molecule has 1 saturated heterocycles. The first kappa shape index (κ1) is 14.5. The minimum Gasteiger partial charge on any atom is -0.480 e. The van der Waals surface area contributed by atoms with Gasteiger partial charge in [0.15, 0.2) is 5.78 Å². The van der Waals surface area contributed by atoms with E-state index in [1.165, 1.54) is 0 Å². The maximum absolute atomic E-state index is 12.1. The van der Waals surface area contributed by atoms with Crippen LogP contribution in [-0.4, -0.2) is 29.4 Å². The lowest BCUT2D eigenvalue weighted by molar-refractivity contribution is -0.138. The van der Waals surface area contributed by atoms with Crippen molar-refractivity contribution < 1.29 is 14.7 Å². The second-order valence-corrected chi connectivity index (χ2v) is 5.03. The Balaban J connectivity index is 2.21. The van der Waals surface area contributed by atoms with Crippen LogP contribution in [0.25, 0.3) is 0 Å². The number of carboxylic acids is 1. The molecule has 0 saturated carbocycles. The summed E-state index contributed by atoms with van der Waals surface area (Å²) in [4.78, 5) is 22.8. The molecule has 1 aromatic rings. The average Bonchev–Trinajstić information content (AvgIpc) is 2.92. The van der Waals surface area contributed by atoms with Gasteiger partial charge in [-0.2, -0.15) is 0 Å². The highest BCUT2D eigenvalue weighted by molar-refractivity contribution is 6.03. The van der Waals surface area contributed by atoms with Gasteiger partial charge in [-0.1, -0.05) is 12.1 Å². The summed E-state index contributed by atoms with van der Waals surface area (Å²) in [6.45, 7) is 0.937. The number of nitrogens with one attached hydrogen (secondary N) is 1. The van der Waals surface area contributed by atoms with E-state index in [0.717, 1.165) is 24.9 Å². The van der Waals surface area contributed by atoms with Gasteiger partial charge < -0.3 is 21.9 Å². The lowest BCUT2D eigenvalue weighted by Crippen LogP contribution is -2.32. The minimum absolute atomic E-state index is 0.163. The van der Waals surface area contributed by atoms with Gasteiger partial charge in [0.05, 0.1) is 0 Å². The van der Waals surface area contributed by atoms with Gasteiger partial charge in [0, 0.05) is 23.7 Å². The van der Waals surface area contributed by atoms with Crippen molar-refractivity contribution in [3.8, 4) is 0 Å². The number of Topliss-reactive ketones (excluding diaryl/α,β-unsaturated/α-hetero) is 1. The number of carbonyl (C=O) groups excluding carboxylic acids is 1. The molecule has 1 aliphatic heterocycles. The molecule has 1 heterocycles. The molecule has 1 unspecified atom stereocenters. The summed E-state index contributed by atoms with van der Waals surface area (Å²) < 4.78 is 0. The summed E-state index contributed by atoms with van der Waals surface area (Å²) in [6, 6.07) is 4.24. The van der Waals surface area contributed by atoms with E-state index < -0.39 is 12.0 Å². The minimum atomic E-state index is -1.20. The van der Waals surface area contributed by atoms with Crippen LogP contribution in [0, 0.1) is 0 Å². The van der Waals surface area contributed by atoms with E-state index in [-0.39, 0.29) is 18.2 Å². The van der Waals surface area contributed by atoms with Gasteiger partial charge in [-0.05, 0) is 31.0 Å². The Hall–Kier alpha value is -1.92. The molecule has 0 spiro atoms. The number of benzene rings is 1. The fraction of sp³-hybridized carbons (Fsp3) is 0.429. The largest absolute Gasteiger partial charge is 0.480 e. The third kappa shape index (κ3) is 2.97. The van der Waals surface area contributed by atoms with Crippen molar-refractivity contribution in [1.29, 1.82) is 0 Å². The normalized spacial score (nSPS) is 19.8. The van der Waals surface area contributed by atoms with Crippen LogP contribution in [0.15, 0.2) is 18.2 Å². The van der Waals surface area contributed by atoms with Crippen LogP contribution in [0.4, 0.5) is 5.69 Å². The van der Waals surface area contributed by atoms with Gasteiger partial charge >= 0.3 is 5.97 Å². The van der Waals surface area contributed by atoms with E-state index in [9.17, 15) is 9.59 Å². The molecule has 1 aromatic carbocycles. The van der Waals surface area contributed by atoms with Crippen LogP contribution < -0.4 is 16.8 Å². The highest BCUT2D eigenvalue weighted by Gasteiger charge is 2.23. The summed E-state index contributed by atoms with van der Waals surface area (Å²) in [5, 5.41) is 12.1. The molecule has 6 nitrogen and oxygen atoms in total. The zero-order valence-corrected chi connectivity index (χ0v) is 11.1. The molecule has 6 heteroatoms. The van der Waals surface area contributed by atoms with Gasteiger partial charge in [-0.25, -0.2) is 0 Å². The maximum atomic E-state index is 12.1. The number of carbonyl (C=O) groups is 2. The molecule has 20 heavy (non-hydrogen) atoms. The number of nitrogens with two attached hydrogens (primary N) is 2. The number of aliphatic carboxylic acids is 1. The second kappa shape index (κ2) is 6.02. The van der Waals surface area contributed by atoms with E-state index in [1.54, 1.807) is 12.1 Å². The first-order chi connectivity index (χ1) is 9.50. The van der Waals surface area contributed by atoms with E-state index in [0.29, 0.717) is 11.3 Å². The van der Waals surface area contributed by atoms with Crippen molar-refractivity contribution in [3.63, 3.8) is 0 Å². The lowest BCUT2D eigenvalue weighted by Gasteiger charge is -2.16. The zero-order chi connectivity index (χ0) is 14.7. The number of rotatable bonds is 5. The van der Waals surface area contributed by atoms with Crippen LogP contribution in [0.3, 0.4) is 0 Å². The summed E-state index contributed by atoms with van der Waals surface area (Å²) in [6.07, 6.45) is 1.81. The van der Waals surface area contributed by atoms with Crippen molar-refractivity contribution in [2.24, 2.45) is 5.73 Å². The van der Waals surface area contributed by atoms with Crippen LogP contribution in [0.5, 0.6) is 0 Å². The number of hydrogen-bond acceptors (Lipinski definition) is 5. The van der Waals surface area contributed by atoms with Crippen molar-refractivity contribution >= 4 is 17.4 Å². The Bertz CT molecular complexity index is 524. The Kier molecular flexibility index (Phi) is 4.36. The molecule has 0 amide bonds. The molecule has 2 rings (SSSR count). The highest BCUT2D eigenvalue weighted by atomic mass is 16.4. The Morgan fingerprint density at radius 1 is 1.45 bits per heavy atom. The molecule has 0 radical (unpaired) electrons. The molecule has 108 valence electrons. The van der Waals surface area contributed by atoms with E-state index in [1.807, 2.05) is 6.07 Å². The van der Waals surface area contributed by atoms with Crippen LogP contribution in [0.2, 0.25) is 0 Å². The van der Waals surface area contributed by atoms with Crippen LogP contribution in [0.1, 0.15) is 41.2 Å². The summed E-state index contributed by atoms with van der Waals surface area (Å²) in [5.41, 5.74) is 13.1. The predicted molar refractivity (Wildman–Crippen MR) is 75.4 cm³/mol. The number of para-hydroxylation sites is 1. The van der Waals surface area contributed by atoms with Crippen molar-refractivity contribution in [2.75, 3.05) is 12.3 Å². The number of ketones is 1. The summed E-state index contributed by atoms with van der Waals surface area (Å²) >= 11 is 0. The third-order valence-corrected chi connectivity index (χ3v) is 3.60. The summed E-state index contributed by atoms with van der Waals surface area (Å²) in [5.74, 6) is -1.53. The maximum Gasteiger partial charge on any atom is 0.320 e. The molecule has 1 aliphatic rings. The topological polar surface area (TPSA) is 118 Å². The number of nitrogen functional groups attached to an aromatic ring is 1. The first-order valence-electron chi connectivity index (χ1n) is 6.64. The van der Waals surface area contributed by atoms with Gasteiger partial charge in [0.1, 0.15) is 6.04 Å². The van der Waals surface area contributed by atoms with Gasteiger partial charge in [0.2, 0.25) is 0 Å². The Labute approximate surface area is 117 Å². The van der Waals surface area contributed by atoms with E-state index >= 15 is 0 Å². The smallest absolute Gasteiger partial charge is 0.320 e. The van der Waals surface area contributed by atoms with E-state index in [4.69, 9.17) is 16.6 Å². The lowest BCUT2D eigenvalue weighted by atomic mass is 9.95. The first-order valence-corrected chi connectivity index (χ1v) is 6.64. The van der Waals surface area contributed by atoms with E-state index in [2.05, 4.69) is 5.32 Å². The molecule has 2 atom stereocenters. The standard InChI is InChI=1S/C14H19N3O3/c15-10(14(19)20)7-12(18)9-4-1-3-8(13(9)16)11-5-2-6-17-11/h1,3-4,10-11,17H,2,5-7,15-16H2,(H,19,20)/t10-,11?/m0/s1. The zero-order valence-electron chi connectivity index (χ0n) is 11.1. The molecule has 0 aromatic heterocycles. The van der Waals surface area contributed by atoms with Gasteiger partial charge in [0.25, 0.3) is 0 Å². The van der Waals surface area contributed by atoms with Gasteiger partial charge in [-0.3, -0.25) is 9.59 Å².